The third-order valence-corrected chi connectivity index (χ3v) is 7.08. The zero-order valence-corrected chi connectivity index (χ0v) is 21.1. The molecule has 12 heteroatoms. The van der Waals surface area contributed by atoms with Gasteiger partial charge in [-0.25, -0.2) is 27.0 Å². The standard InChI is InChI=1S/C22H22ClF2N3O4S2/c1-13-5-6-15(24)7-14(13)10-26-18-9-17(25)19(8-16(18)23)34(30,31)28(20-11-33-12-27-20)21(29)32-22(2,3)4/h5-9,11-12,26H,10H2,1-4H3. The molecule has 1 amide bonds. The van der Waals surface area contributed by atoms with Gasteiger partial charge < -0.3 is 10.1 Å². The van der Waals surface area contributed by atoms with Crippen LogP contribution >= 0.6 is 22.9 Å². The maximum absolute atomic E-state index is 15.1. The second kappa shape index (κ2) is 9.85. The number of thiazole rings is 1. The monoisotopic (exact) mass is 529 g/mol. The van der Waals surface area contributed by atoms with Gasteiger partial charge in [-0.3, -0.25) is 0 Å². The highest BCUT2D eigenvalue weighted by molar-refractivity contribution is 7.93. The van der Waals surface area contributed by atoms with Crippen molar-refractivity contribution < 1.29 is 26.7 Å². The van der Waals surface area contributed by atoms with Crippen LogP contribution in [-0.2, 0) is 21.3 Å². The molecule has 0 spiro atoms. The molecule has 1 N–H and O–H groups in total. The van der Waals surface area contributed by atoms with Gasteiger partial charge in [-0.05, 0) is 63.1 Å². The van der Waals surface area contributed by atoms with E-state index in [1.165, 1.54) is 23.0 Å². The van der Waals surface area contributed by atoms with Crippen molar-refractivity contribution >= 4 is 50.6 Å². The molecular weight excluding hydrogens is 508 g/mol. The summed E-state index contributed by atoms with van der Waals surface area (Å²) < 4.78 is 60.8. The van der Waals surface area contributed by atoms with Crippen LogP contribution in [0.4, 0.5) is 25.1 Å². The molecule has 0 aliphatic rings. The molecule has 7 nitrogen and oxygen atoms in total. The number of aromatic nitrogens is 1. The SMILES string of the molecule is Cc1ccc(F)cc1CNc1cc(F)c(S(=O)(=O)N(C(=O)OC(C)(C)C)c2cscn2)cc1Cl. The molecule has 3 aromatic rings. The van der Waals surface area contributed by atoms with E-state index >= 15 is 4.39 Å². The molecule has 0 unspecified atom stereocenters. The summed E-state index contributed by atoms with van der Waals surface area (Å²) >= 11 is 7.29. The number of rotatable bonds is 6. The summed E-state index contributed by atoms with van der Waals surface area (Å²) in [5, 5.41) is 4.08. The van der Waals surface area contributed by atoms with Gasteiger partial charge in [-0.15, -0.1) is 15.6 Å². The molecule has 34 heavy (non-hydrogen) atoms. The lowest BCUT2D eigenvalue weighted by Gasteiger charge is -2.26. The average Bonchev–Trinajstić information content (AvgIpc) is 3.23. The second-order valence-corrected chi connectivity index (χ2v) is 11.2. The Kier molecular flexibility index (Phi) is 7.49. The van der Waals surface area contributed by atoms with Crippen LogP contribution in [0.5, 0.6) is 0 Å². The molecule has 0 saturated carbocycles. The largest absolute Gasteiger partial charge is 0.443 e. The summed E-state index contributed by atoms with van der Waals surface area (Å²) in [5.74, 6) is -1.81. The summed E-state index contributed by atoms with van der Waals surface area (Å²) in [6.07, 6.45) is -1.24. The van der Waals surface area contributed by atoms with Crippen molar-refractivity contribution in [3.05, 3.63) is 69.0 Å². The Labute approximate surface area is 205 Å². The highest BCUT2D eigenvalue weighted by atomic mass is 35.5. The summed E-state index contributed by atoms with van der Waals surface area (Å²) in [6, 6.07) is 6.06. The second-order valence-electron chi connectivity index (χ2n) is 8.28. The van der Waals surface area contributed by atoms with Crippen LogP contribution in [0, 0.1) is 18.6 Å². The maximum atomic E-state index is 15.1. The zero-order chi connectivity index (χ0) is 25.3. The van der Waals surface area contributed by atoms with E-state index in [4.69, 9.17) is 16.3 Å². The molecular formula is C22H22ClF2N3O4S2. The number of nitrogens with zero attached hydrogens (tertiary/aromatic N) is 2. The van der Waals surface area contributed by atoms with Gasteiger partial charge in [0.2, 0.25) is 0 Å². The number of sulfonamides is 1. The smallest absolute Gasteiger partial charge is 0.430 e. The number of hydrogen-bond donors (Lipinski definition) is 1. The van der Waals surface area contributed by atoms with E-state index in [1.54, 1.807) is 33.8 Å². The van der Waals surface area contributed by atoms with E-state index in [1.807, 2.05) is 0 Å². The van der Waals surface area contributed by atoms with E-state index in [2.05, 4.69) is 10.3 Å². The van der Waals surface area contributed by atoms with Crippen molar-refractivity contribution in [1.29, 1.82) is 0 Å². The first kappa shape index (κ1) is 25.9. The van der Waals surface area contributed by atoms with Gasteiger partial charge in [0.05, 0.1) is 16.2 Å². The first-order valence-corrected chi connectivity index (χ1v) is 12.7. The van der Waals surface area contributed by atoms with Crippen LogP contribution in [0.1, 0.15) is 31.9 Å². The number of carbonyl (C=O) groups is 1. The van der Waals surface area contributed by atoms with Gasteiger partial charge in [-0.1, -0.05) is 17.7 Å². The Balaban J connectivity index is 1.96. The lowest BCUT2D eigenvalue weighted by Crippen LogP contribution is -2.41. The Hall–Kier alpha value is -2.76. The third-order valence-electron chi connectivity index (χ3n) is 4.51. The number of carbonyl (C=O) groups excluding carboxylic acids is 1. The molecule has 0 aliphatic carbocycles. The molecule has 0 atom stereocenters. The molecule has 0 fully saturated rings. The van der Waals surface area contributed by atoms with Crippen LogP contribution in [0.25, 0.3) is 0 Å². The molecule has 0 aliphatic heterocycles. The van der Waals surface area contributed by atoms with Crippen LogP contribution in [-0.4, -0.2) is 25.1 Å². The number of nitrogens with one attached hydrogen (secondary N) is 1. The minimum Gasteiger partial charge on any atom is -0.443 e. The molecule has 0 bridgehead atoms. The Morgan fingerprint density at radius 2 is 1.94 bits per heavy atom. The average molecular weight is 530 g/mol. The van der Waals surface area contributed by atoms with Gasteiger partial charge in [0, 0.05) is 11.9 Å². The molecule has 182 valence electrons. The molecule has 1 aromatic heterocycles. The first-order valence-electron chi connectivity index (χ1n) is 9.94. The summed E-state index contributed by atoms with van der Waals surface area (Å²) in [6.45, 7) is 6.61. The van der Waals surface area contributed by atoms with Gasteiger partial charge >= 0.3 is 6.09 Å². The molecule has 0 saturated heterocycles. The Morgan fingerprint density at radius 1 is 1.24 bits per heavy atom. The number of benzene rings is 2. The molecule has 0 radical (unpaired) electrons. The first-order chi connectivity index (χ1) is 15.8. The number of amides is 1. The van der Waals surface area contributed by atoms with Crippen LogP contribution in [0.3, 0.4) is 0 Å². The summed E-state index contributed by atoms with van der Waals surface area (Å²) in [7, 11) is -4.78. The van der Waals surface area contributed by atoms with Crippen LogP contribution in [0.15, 0.2) is 46.1 Å². The minimum absolute atomic E-state index is 0.0965. The van der Waals surface area contributed by atoms with E-state index < -0.39 is 38.2 Å². The molecule has 2 aromatic carbocycles. The molecule has 3 rings (SSSR count). The quantitative estimate of drug-likeness (QED) is 0.413. The summed E-state index contributed by atoms with van der Waals surface area (Å²) in [5.41, 5.74) is 1.83. The van der Waals surface area contributed by atoms with E-state index in [-0.39, 0.29) is 23.1 Å². The highest BCUT2D eigenvalue weighted by Gasteiger charge is 2.38. The fourth-order valence-electron chi connectivity index (χ4n) is 2.91. The topological polar surface area (TPSA) is 88.6 Å². The van der Waals surface area contributed by atoms with Crippen LogP contribution < -0.4 is 9.62 Å². The number of aryl methyl sites for hydroxylation is 1. The third kappa shape index (κ3) is 5.83. The predicted octanol–water partition coefficient (Wildman–Crippen LogP) is 6.13. The number of anilines is 2. The highest BCUT2D eigenvalue weighted by Crippen LogP contribution is 2.33. The lowest BCUT2D eigenvalue weighted by atomic mass is 10.1. The van der Waals surface area contributed by atoms with Gasteiger partial charge in [-0.2, -0.15) is 0 Å². The van der Waals surface area contributed by atoms with Crippen molar-refractivity contribution in [2.45, 2.75) is 44.7 Å². The number of halogens is 3. The summed E-state index contributed by atoms with van der Waals surface area (Å²) in [4.78, 5) is 15.8. The number of ether oxygens (including phenoxy) is 1. The predicted molar refractivity (Wildman–Crippen MR) is 128 cm³/mol. The van der Waals surface area contributed by atoms with Crippen molar-refractivity contribution in [3.8, 4) is 0 Å². The van der Waals surface area contributed by atoms with Crippen molar-refractivity contribution in [1.82, 2.24) is 4.98 Å². The Morgan fingerprint density at radius 3 is 2.56 bits per heavy atom. The Bertz CT molecular complexity index is 1310. The van der Waals surface area contributed by atoms with Crippen LogP contribution in [0.2, 0.25) is 5.02 Å². The van der Waals surface area contributed by atoms with E-state index in [0.717, 1.165) is 29.0 Å². The molecule has 1 heterocycles. The van der Waals surface area contributed by atoms with Gasteiger partial charge in [0.15, 0.2) is 5.82 Å². The zero-order valence-electron chi connectivity index (χ0n) is 18.7. The fraction of sp³-hybridized carbons (Fsp3) is 0.273. The van der Waals surface area contributed by atoms with Crippen molar-refractivity contribution in [2.24, 2.45) is 0 Å². The van der Waals surface area contributed by atoms with E-state index in [0.29, 0.717) is 9.87 Å². The van der Waals surface area contributed by atoms with Gasteiger partial charge in [0.1, 0.15) is 22.1 Å². The maximum Gasteiger partial charge on any atom is 0.430 e. The minimum atomic E-state index is -4.78. The van der Waals surface area contributed by atoms with E-state index in [9.17, 15) is 17.6 Å². The van der Waals surface area contributed by atoms with Crippen molar-refractivity contribution in [3.63, 3.8) is 0 Å². The lowest BCUT2D eigenvalue weighted by molar-refractivity contribution is 0.0608. The van der Waals surface area contributed by atoms with Gasteiger partial charge in [0.25, 0.3) is 10.0 Å². The normalized spacial score (nSPS) is 11.9. The fourth-order valence-corrected chi connectivity index (χ4v) is 5.13. The van der Waals surface area contributed by atoms with Crippen molar-refractivity contribution in [2.75, 3.05) is 9.62 Å². The number of hydrogen-bond acceptors (Lipinski definition) is 7.